The van der Waals surface area contributed by atoms with Crippen molar-refractivity contribution in [1.29, 1.82) is 0 Å². The van der Waals surface area contributed by atoms with Crippen LogP contribution in [0.4, 0.5) is 0 Å². The summed E-state index contributed by atoms with van der Waals surface area (Å²) in [5, 5.41) is 0. The zero-order valence-corrected chi connectivity index (χ0v) is 12.7. The summed E-state index contributed by atoms with van der Waals surface area (Å²) in [5.41, 5.74) is 5.72. The molecule has 0 bridgehead atoms. The topological polar surface area (TPSA) is 41.7 Å². The van der Waals surface area contributed by atoms with Gasteiger partial charge in [-0.25, -0.2) is 0 Å². The Labute approximate surface area is 118 Å². The van der Waals surface area contributed by atoms with E-state index < -0.39 is 0 Å². The molecule has 0 aromatic carbocycles. The van der Waals surface area contributed by atoms with E-state index in [1.54, 1.807) is 0 Å². The van der Waals surface area contributed by atoms with Gasteiger partial charge in [0.05, 0.1) is 12.2 Å². The monoisotopic (exact) mass is 269 g/mol. The lowest BCUT2D eigenvalue weighted by atomic mass is 10.1. The second kappa shape index (κ2) is 7.58. The second-order valence-corrected chi connectivity index (χ2v) is 6.44. The van der Waals surface area contributed by atoms with Crippen molar-refractivity contribution in [2.24, 2.45) is 11.7 Å². The third-order valence-electron chi connectivity index (χ3n) is 4.44. The molecule has 0 saturated carbocycles. The fraction of sp³-hybridized carbons (Fsp3) is 1.00. The number of hydrogen-bond donors (Lipinski definition) is 1. The summed E-state index contributed by atoms with van der Waals surface area (Å²) < 4.78 is 5.94. The smallest absolute Gasteiger partial charge is 0.0706 e. The summed E-state index contributed by atoms with van der Waals surface area (Å²) in [7, 11) is 0. The number of nitrogens with zero attached hydrogens (tertiary/aromatic N) is 2. The van der Waals surface area contributed by atoms with E-state index >= 15 is 0 Å². The van der Waals surface area contributed by atoms with E-state index in [1.165, 1.54) is 45.4 Å². The Morgan fingerprint density at radius 2 is 1.89 bits per heavy atom. The van der Waals surface area contributed by atoms with Gasteiger partial charge in [-0.15, -0.1) is 0 Å². The maximum absolute atomic E-state index is 5.94. The lowest BCUT2D eigenvalue weighted by Gasteiger charge is -2.25. The minimum Gasteiger partial charge on any atom is -0.374 e. The Bertz CT molecular complexity index is 262. The molecular formula is C15H31N3O. The lowest BCUT2D eigenvalue weighted by Crippen LogP contribution is -2.37. The molecule has 4 heteroatoms. The molecule has 3 unspecified atom stereocenters. The maximum Gasteiger partial charge on any atom is 0.0706 e. The van der Waals surface area contributed by atoms with E-state index in [9.17, 15) is 0 Å². The van der Waals surface area contributed by atoms with Gasteiger partial charge in [0.1, 0.15) is 0 Å². The van der Waals surface area contributed by atoms with Crippen LogP contribution in [0.2, 0.25) is 0 Å². The van der Waals surface area contributed by atoms with E-state index in [-0.39, 0.29) is 0 Å². The van der Waals surface area contributed by atoms with Crippen molar-refractivity contribution >= 4 is 0 Å². The zero-order chi connectivity index (χ0) is 13.7. The molecule has 19 heavy (non-hydrogen) atoms. The van der Waals surface area contributed by atoms with Gasteiger partial charge in [-0.05, 0) is 51.7 Å². The highest BCUT2D eigenvalue weighted by atomic mass is 16.5. The maximum atomic E-state index is 5.94. The first kappa shape index (κ1) is 15.2. The molecule has 2 N–H and O–H groups in total. The van der Waals surface area contributed by atoms with Crippen molar-refractivity contribution < 1.29 is 4.74 Å². The Hall–Kier alpha value is -0.160. The second-order valence-electron chi connectivity index (χ2n) is 6.44. The van der Waals surface area contributed by atoms with Crippen LogP contribution in [0.3, 0.4) is 0 Å². The minimum atomic E-state index is 0.471. The van der Waals surface area contributed by atoms with Crippen molar-refractivity contribution in [3.63, 3.8) is 0 Å². The van der Waals surface area contributed by atoms with Gasteiger partial charge in [0.2, 0.25) is 0 Å². The molecule has 2 saturated heterocycles. The average Bonchev–Trinajstić information content (AvgIpc) is 2.67. The molecule has 112 valence electrons. The van der Waals surface area contributed by atoms with Gasteiger partial charge in [0.25, 0.3) is 0 Å². The van der Waals surface area contributed by atoms with Crippen LogP contribution in [0.1, 0.15) is 33.1 Å². The first-order chi connectivity index (χ1) is 9.17. The Morgan fingerprint density at radius 3 is 2.58 bits per heavy atom. The molecule has 2 fully saturated rings. The van der Waals surface area contributed by atoms with E-state index in [4.69, 9.17) is 10.5 Å². The van der Waals surface area contributed by atoms with Gasteiger partial charge in [0, 0.05) is 26.2 Å². The van der Waals surface area contributed by atoms with Gasteiger partial charge in [-0.2, -0.15) is 0 Å². The molecule has 0 spiro atoms. The zero-order valence-electron chi connectivity index (χ0n) is 12.7. The molecule has 3 atom stereocenters. The van der Waals surface area contributed by atoms with Gasteiger partial charge in [-0.3, -0.25) is 4.90 Å². The predicted molar refractivity (Wildman–Crippen MR) is 79.3 cm³/mol. The largest absolute Gasteiger partial charge is 0.374 e. The van der Waals surface area contributed by atoms with Gasteiger partial charge < -0.3 is 15.4 Å². The Balaban J connectivity index is 1.70. The molecule has 0 aromatic heterocycles. The van der Waals surface area contributed by atoms with Gasteiger partial charge >= 0.3 is 0 Å². The quantitative estimate of drug-likeness (QED) is 0.813. The number of nitrogens with two attached hydrogens (primary N) is 1. The van der Waals surface area contributed by atoms with Crippen molar-refractivity contribution in [2.75, 3.05) is 45.8 Å². The van der Waals surface area contributed by atoms with Crippen molar-refractivity contribution in [1.82, 2.24) is 9.80 Å². The molecule has 2 aliphatic heterocycles. The van der Waals surface area contributed by atoms with E-state index in [0.717, 1.165) is 19.6 Å². The van der Waals surface area contributed by atoms with Crippen LogP contribution < -0.4 is 5.73 Å². The number of rotatable bonds is 5. The van der Waals surface area contributed by atoms with Gasteiger partial charge in [-0.1, -0.05) is 6.92 Å². The van der Waals surface area contributed by atoms with Crippen LogP contribution in [0, 0.1) is 5.92 Å². The predicted octanol–water partition coefficient (Wildman–Crippen LogP) is 1.16. The minimum absolute atomic E-state index is 0.471. The standard InChI is InChI=1S/C15H31N3O/c1-13(10-16)11-17-6-3-7-18(9-8-17)12-15-5-4-14(2)19-15/h13-15H,3-12,16H2,1-2H3. The highest BCUT2D eigenvalue weighted by Gasteiger charge is 2.25. The average molecular weight is 269 g/mol. The molecule has 2 aliphatic rings. The molecule has 0 aliphatic carbocycles. The Morgan fingerprint density at radius 1 is 1.16 bits per heavy atom. The van der Waals surface area contributed by atoms with E-state index in [2.05, 4.69) is 23.6 Å². The summed E-state index contributed by atoms with van der Waals surface area (Å²) in [6.45, 7) is 12.3. The van der Waals surface area contributed by atoms with Crippen LogP contribution in [-0.4, -0.2) is 67.8 Å². The number of hydrogen-bond acceptors (Lipinski definition) is 4. The molecule has 0 amide bonds. The summed E-state index contributed by atoms with van der Waals surface area (Å²) in [4.78, 5) is 5.17. The lowest BCUT2D eigenvalue weighted by molar-refractivity contribution is 0.0321. The highest BCUT2D eigenvalue weighted by Crippen LogP contribution is 2.20. The Kier molecular flexibility index (Phi) is 6.07. The third-order valence-corrected chi connectivity index (χ3v) is 4.44. The first-order valence-electron chi connectivity index (χ1n) is 7.97. The van der Waals surface area contributed by atoms with Crippen molar-refractivity contribution in [3.05, 3.63) is 0 Å². The first-order valence-corrected chi connectivity index (χ1v) is 7.97. The van der Waals surface area contributed by atoms with Crippen LogP contribution in [-0.2, 0) is 4.74 Å². The SMILES string of the molecule is CC(CN)CN1CCCN(CC2CCC(C)O2)CC1. The molecule has 2 heterocycles. The summed E-state index contributed by atoms with van der Waals surface area (Å²) in [5.74, 6) is 0.616. The van der Waals surface area contributed by atoms with Crippen LogP contribution >= 0.6 is 0 Å². The van der Waals surface area contributed by atoms with Crippen LogP contribution in [0.25, 0.3) is 0 Å². The molecule has 0 aromatic rings. The summed E-state index contributed by atoms with van der Waals surface area (Å²) in [6, 6.07) is 0. The molecule has 2 rings (SSSR count). The third kappa shape index (κ3) is 5.03. The van der Waals surface area contributed by atoms with E-state index in [1.807, 2.05) is 0 Å². The summed E-state index contributed by atoms with van der Waals surface area (Å²) in [6.07, 6.45) is 4.70. The van der Waals surface area contributed by atoms with Crippen LogP contribution in [0.5, 0.6) is 0 Å². The van der Waals surface area contributed by atoms with Crippen molar-refractivity contribution in [2.45, 2.75) is 45.3 Å². The molecule has 4 nitrogen and oxygen atoms in total. The molecule has 0 radical (unpaired) electrons. The fourth-order valence-corrected chi connectivity index (χ4v) is 3.21. The summed E-state index contributed by atoms with van der Waals surface area (Å²) >= 11 is 0. The fourth-order valence-electron chi connectivity index (χ4n) is 3.21. The van der Waals surface area contributed by atoms with Gasteiger partial charge in [0.15, 0.2) is 0 Å². The van der Waals surface area contributed by atoms with E-state index in [0.29, 0.717) is 18.1 Å². The highest BCUT2D eigenvalue weighted by molar-refractivity contribution is 4.77. The van der Waals surface area contributed by atoms with Crippen molar-refractivity contribution in [3.8, 4) is 0 Å². The number of ether oxygens (including phenoxy) is 1. The van der Waals surface area contributed by atoms with Crippen LogP contribution in [0.15, 0.2) is 0 Å². The molecular weight excluding hydrogens is 238 g/mol. The normalized spacial score (nSPS) is 32.4.